The van der Waals surface area contributed by atoms with Crippen LogP contribution in [0.4, 0.5) is 0 Å². The van der Waals surface area contributed by atoms with E-state index in [2.05, 4.69) is 0 Å². The molecular weight excluding hydrogens is 1030 g/mol. The number of hydrogen-bond acceptors (Lipinski definition) is 12. The van der Waals surface area contributed by atoms with Crippen LogP contribution in [-0.2, 0) is 70.6 Å². The summed E-state index contributed by atoms with van der Waals surface area (Å²) >= 11 is -18.5. The molecule has 17 heteroatoms. The fourth-order valence-corrected chi connectivity index (χ4v) is 0. The van der Waals surface area contributed by atoms with Gasteiger partial charge in [0.1, 0.15) is 0 Å². The van der Waals surface area contributed by atoms with Crippen LogP contribution >= 0.6 is 0 Å². The molecule has 0 aromatic heterocycles. The summed E-state index contributed by atoms with van der Waals surface area (Å²) in [6.07, 6.45) is 0. The van der Waals surface area contributed by atoms with Crippen LogP contribution in [0.25, 0.3) is 0 Å². The Hall–Kier alpha value is 3.33. The van der Waals surface area contributed by atoms with Crippen LogP contribution in [0.1, 0.15) is 0 Å². The minimum absolute atomic E-state index is 0. The van der Waals surface area contributed by atoms with Crippen LogP contribution < -0.4 is 22.6 Å². The summed E-state index contributed by atoms with van der Waals surface area (Å²) in [4.78, 5) is 0. The fraction of sp³-hybridized carbons (Fsp3) is 0. The van der Waals surface area contributed by atoms with Gasteiger partial charge in [-0.2, -0.15) is 0 Å². The third-order valence-corrected chi connectivity index (χ3v) is 0. The normalized spacial score (nSPS) is 10.2. The third kappa shape index (κ3) is 524. The second-order valence-electron chi connectivity index (χ2n) is 1.22. The number of hydrogen-bond donors (Lipinski definition) is 0. The summed E-state index contributed by atoms with van der Waals surface area (Å²) in [6, 6.07) is 0. The first-order chi connectivity index (χ1) is 6.00. The summed E-state index contributed by atoms with van der Waals surface area (Å²) in [5.74, 6) is 0. The maximum atomic E-state index is 8.65. The Balaban J connectivity index is -0.0000000400. The molecule has 0 fully saturated rings. The van der Waals surface area contributed by atoms with E-state index in [0.717, 1.165) is 0 Å². The van der Waals surface area contributed by atoms with Crippen molar-refractivity contribution < 1.29 is 175 Å². The van der Waals surface area contributed by atoms with Crippen LogP contribution in [0.2, 0.25) is 0 Å². The van der Waals surface area contributed by atoms with Gasteiger partial charge in [0.25, 0.3) is 0 Å². The van der Waals surface area contributed by atoms with Crippen molar-refractivity contribution in [1.82, 2.24) is 0 Å². The molecule has 0 aliphatic rings. The average Bonchev–Trinajstić information content (AvgIpc) is 1.41. The molecule has 0 spiro atoms. The van der Waals surface area contributed by atoms with Crippen molar-refractivity contribution in [2.75, 3.05) is 0 Å². The summed E-state index contributed by atoms with van der Waals surface area (Å²) < 4.78 is 104. The molecule has 0 saturated heterocycles. The van der Waals surface area contributed by atoms with Gasteiger partial charge in [-0.05, 0) is 0 Å². The van der Waals surface area contributed by atoms with Gasteiger partial charge in [-0.1, -0.05) is 0 Å². The molecule has 0 N–H and O–H groups in total. The van der Waals surface area contributed by atoms with Crippen LogP contribution in [0.3, 0.4) is 0 Å². The molecule has 17 heavy (non-hydrogen) atoms. The molecular formula is Nd2O12W3. The van der Waals surface area contributed by atoms with Gasteiger partial charge in [0.05, 0.1) is 0 Å². The zero-order chi connectivity index (χ0) is 13.5. The Labute approximate surface area is 171 Å². The van der Waals surface area contributed by atoms with Crippen molar-refractivity contribution in [3.8, 4) is 0 Å². The second-order valence-corrected chi connectivity index (χ2v) is 10.0. The van der Waals surface area contributed by atoms with E-state index in [1.54, 1.807) is 0 Å². The SMILES string of the molecule is [Nd+3].[Nd+3].[O]=[W](=[O])([O-])[O-].[O]=[W](=[O])([O-])[O-].[O]=[W](=[O])([O-])[O-]. The van der Waals surface area contributed by atoms with Crippen molar-refractivity contribution >= 4 is 0 Å². The first kappa shape index (κ1) is 32.3. The van der Waals surface area contributed by atoms with Crippen molar-refractivity contribution in [1.29, 1.82) is 0 Å². The van der Waals surface area contributed by atoms with Gasteiger partial charge < -0.3 is 0 Å². The Morgan fingerprint density at radius 2 is 0.412 bits per heavy atom. The van der Waals surface area contributed by atoms with E-state index < -0.39 is 50.2 Å². The molecule has 0 aromatic rings. The Bertz CT molecular complexity index is 341. The van der Waals surface area contributed by atoms with E-state index in [0.29, 0.717) is 0 Å². The minimum atomic E-state index is -6.17. The van der Waals surface area contributed by atoms with E-state index in [1.807, 2.05) is 0 Å². The molecule has 0 aromatic carbocycles. The summed E-state index contributed by atoms with van der Waals surface area (Å²) in [6.45, 7) is 0. The van der Waals surface area contributed by atoms with Gasteiger partial charge in [0.15, 0.2) is 0 Å². The molecule has 98 valence electrons. The molecule has 0 aliphatic carbocycles. The third-order valence-electron chi connectivity index (χ3n) is 0. The molecule has 0 bridgehead atoms. The monoisotopic (exact) mass is 1030 g/mol. The van der Waals surface area contributed by atoms with E-state index in [9.17, 15) is 0 Å². The van der Waals surface area contributed by atoms with E-state index in [4.69, 9.17) is 42.9 Å². The summed E-state index contributed by atoms with van der Waals surface area (Å²) in [5, 5.41) is 0. The first-order valence-electron chi connectivity index (χ1n) is 2.00. The molecule has 2 radical (unpaired) electrons. The van der Waals surface area contributed by atoms with Crippen molar-refractivity contribution in [3.63, 3.8) is 0 Å². The molecule has 12 nitrogen and oxygen atoms in total. The average molecular weight is 1030 g/mol. The van der Waals surface area contributed by atoms with Crippen molar-refractivity contribution in [2.24, 2.45) is 0 Å². The van der Waals surface area contributed by atoms with Crippen molar-refractivity contribution in [3.05, 3.63) is 0 Å². The first-order valence-corrected chi connectivity index (χ1v) is 16.4. The molecule has 0 amide bonds. The van der Waals surface area contributed by atoms with Gasteiger partial charge in [-0.25, -0.2) is 0 Å². The standard InChI is InChI=1S/2Nd.12O.3W/q2*+3;;;;;;;6*-1;;;. The van der Waals surface area contributed by atoms with Crippen molar-refractivity contribution in [2.45, 2.75) is 0 Å². The van der Waals surface area contributed by atoms with Gasteiger partial charge in [0, 0.05) is 0 Å². The van der Waals surface area contributed by atoms with Gasteiger partial charge in [-0.3, -0.25) is 0 Å². The summed E-state index contributed by atoms with van der Waals surface area (Å²) in [5.41, 5.74) is 0. The fourth-order valence-electron chi connectivity index (χ4n) is 0. The Morgan fingerprint density at radius 1 is 0.412 bits per heavy atom. The molecule has 0 saturated carbocycles. The predicted molar refractivity (Wildman–Crippen MR) is 4.12 cm³/mol. The van der Waals surface area contributed by atoms with Gasteiger partial charge in [-0.15, -0.1) is 0 Å². The molecule has 0 atom stereocenters. The molecule has 0 aliphatic heterocycles. The van der Waals surface area contributed by atoms with Crippen LogP contribution in [-0.4, -0.2) is 0 Å². The van der Waals surface area contributed by atoms with Crippen LogP contribution in [0.15, 0.2) is 0 Å². The van der Waals surface area contributed by atoms with Crippen LogP contribution in [0.5, 0.6) is 0 Å². The molecule has 0 rings (SSSR count). The predicted octanol–water partition coefficient (Wildman–Crippen LogP) is -7.85. The van der Waals surface area contributed by atoms with Crippen LogP contribution in [0, 0.1) is 81.7 Å². The summed E-state index contributed by atoms with van der Waals surface area (Å²) in [7, 11) is 0. The van der Waals surface area contributed by atoms with E-state index >= 15 is 0 Å². The number of rotatable bonds is 0. The van der Waals surface area contributed by atoms with Gasteiger partial charge >= 0.3 is 175 Å². The second kappa shape index (κ2) is 14.3. The molecule has 0 heterocycles. The topological polar surface area (TPSA) is 241 Å². The Morgan fingerprint density at radius 3 is 0.412 bits per heavy atom. The van der Waals surface area contributed by atoms with E-state index in [-0.39, 0.29) is 81.7 Å². The molecule has 0 unspecified atom stereocenters. The van der Waals surface area contributed by atoms with E-state index in [1.165, 1.54) is 0 Å². The van der Waals surface area contributed by atoms with Gasteiger partial charge in [0.2, 0.25) is 0 Å². The zero-order valence-corrected chi connectivity index (χ0v) is 22.3. The quantitative estimate of drug-likeness (QED) is 0.220. The Kier molecular flexibility index (Phi) is 27.1. The maximum absolute atomic E-state index is 8.65. The zero-order valence-electron chi connectivity index (χ0n) is 7.12.